The van der Waals surface area contributed by atoms with E-state index in [-0.39, 0.29) is 0 Å². The number of fused-ring (bicyclic) bond motifs is 12. The van der Waals surface area contributed by atoms with Crippen molar-refractivity contribution in [2.75, 3.05) is 0 Å². The zero-order valence-corrected chi connectivity index (χ0v) is 17.8. The van der Waals surface area contributed by atoms with E-state index in [1.807, 2.05) is 0 Å². The Morgan fingerprint density at radius 2 is 1.12 bits per heavy atom. The van der Waals surface area contributed by atoms with Gasteiger partial charge >= 0.3 is 0 Å². The Balaban J connectivity index is 1.60. The van der Waals surface area contributed by atoms with Crippen LogP contribution >= 0.6 is 0 Å². The van der Waals surface area contributed by atoms with Crippen molar-refractivity contribution in [3.05, 3.63) is 131 Å². The van der Waals surface area contributed by atoms with Crippen molar-refractivity contribution in [1.29, 1.82) is 0 Å². The fourth-order valence-electron chi connectivity index (χ4n) is 6.20. The molecule has 6 aromatic rings. The van der Waals surface area contributed by atoms with E-state index in [2.05, 4.69) is 114 Å². The molecule has 1 N–H and O–H groups in total. The van der Waals surface area contributed by atoms with Crippen LogP contribution in [0.5, 0.6) is 11.5 Å². The van der Waals surface area contributed by atoms with Gasteiger partial charge in [0.15, 0.2) is 0 Å². The molecule has 1 aliphatic carbocycles. The summed E-state index contributed by atoms with van der Waals surface area (Å²) in [5, 5.41) is 2.53. The molecule has 0 amide bonds. The predicted octanol–water partition coefficient (Wildman–Crippen LogP) is 7.79. The second kappa shape index (κ2) is 5.93. The number of hydrogen-bond donors (Lipinski definition) is 1. The lowest BCUT2D eigenvalue weighted by molar-refractivity contribution is 0.436. The van der Waals surface area contributed by atoms with Gasteiger partial charge in [-0.05, 0) is 52.6 Å². The SMILES string of the molecule is c1ccc2c(c1)Oc1ccccc1C21c2ccccc2-c2cc3c(cc21)[nH]c1ccccc13. The van der Waals surface area contributed by atoms with Gasteiger partial charge in [0.1, 0.15) is 11.5 Å². The number of benzene rings is 5. The van der Waals surface area contributed by atoms with Crippen molar-refractivity contribution in [2.24, 2.45) is 0 Å². The number of hydrogen-bond acceptors (Lipinski definition) is 1. The van der Waals surface area contributed by atoms with Gasteiger partial charge in [-0.15, -0.1) is 0 Å². The molecule has 0 unspecified atom stereocenters. The van der Waals surface area contributed by atoms with E-state index in [1.165, 1.54) is 55.2 Å². The van der Waals surface area contributed by atoms with Gasteiger partial charge in [-0.1, -0.05) is 78.9 Å². The van der Waals surface area contributed by atoms with E-state index in [1.54, 1.807) is 0 Å². The van der Waals surface area contributed by atoms with Crippen LogP contribution in [-0.2, 0) is 5.41 Å². The third kappa shape index (κ3) is 2.00. The molecule has 0 bridgehead atoms. The first-order chi connectivity index (χ1) is 16.4. The number of rotatable bonds is 0. The Labute approximate surface area is 191 Å². The molecule has 1 aromatic heterocycles. The third-order valence-corrected chi connectivity index (χ3v) is 7.47. The molecule has 0 saturated heterocycles. The zero-order valence-electron chi connectivity index (χ0n) is 17.8. The highest BCUT2D eigenvalue weighted by molar-refractivity contribution is 6.10. The van der Waals surface area contributed by atoms with Crippen LogP contribution in [0, 0.1) is 0 Å². The molecular formula is C31H19NO. The van der Waals surface area contributed by atoms with Crippen molar-refractivity contribution in [1.82, 2.24) is 4.98 Å². The van der Waals surface area contributed by atoms with Gasteiger partial charge in [0, 0.05) is 32.9 Å². The van der Waals surface area contributed by atoms with Crippen LogP contribution in [0.4, 0.5) is 0 Å². The van der Waals surface area contributed by atoms with E-state index in [4.69, 9.17) is 4.74 Å². The van der Waals surface area contributed by atoms with E-state index in [0.29, 0.717) is 0 Å². The summed E-state index contributed by atoms with van der Waals surface area (Å²) in [5.74, 6) is 1.85. The second-order valence-electron chi connectivity index (χ2n) is 9.00. The molecule has 1 aliphatic heterocycles. The highest BCUT2D eigenvalue weighted by Gasteiger charge is 2.51. The quantitative estimate of drug-likeness (QED) is 0.266. The number of nitrogens with one attached hydrogen (secondary N) is 1. The minimum absolute atomic E-state index is 0.414. The van der Waals surface area contributed by atoms with Crippen molar-refractivity contribution in [3.8, 4) is 22.6 Å². The largest absolute Gasteiger partial charge is 0.457 e. The van der Waals surface area contributed by atoms with Crippen LogP contribution in [0.2, 0.25) is 0 Å². The molecule has 0 radical (unpaired) electrons. The number of H-pyrrole nitrogens is 1. The van der Waals surface area contributed by atoms with E-state index < -0.39 is 5.41 Å². The summed E-state index contributed by atoms with van der Waals surface area (Å²) in [7, 11) is 0. The highest BCUT2D eigenvalue weighted by atomic mass is 16.5. The summed E-state index contributed by atoms with van der Waals surface area (Å²) >= 11 is 0. The Hall–Kier alpha value is -4.30. The summed E-state index contributed by atoms with van der Waals surface area (Å²) in [6.45, 7) is 0. The molecular weight excluding hydrogens is 402 g/mol. The Morgan fingerprint density at radius 1 is 0.485 bits per heavy atom. The first kappa shape index (κ1) is 17.3. The van der Waals surface area contributed by atoms with Gasteiger partial charge in [0.2, 0.25) is 0 Å². The van der Waals surface area contributed by atoms with E-state index in [9.17, 15) is 0 Å². The molecule has 1 spiro atoms. The smallest absolute Gasteiger partial charge is 0.132 e. The lowest BCUT2D eigenvalue weighted by atomic mass is 9.66. The lowest BCUT2D eigenvalue weighted by Crippen LogP contribution is -2.32. The maximum atomic E-state index is 6.42. The number of para-hydroxylation sites is 3. The minimum atomic E-state index is -0.414. The number of aromatic nitrogens is 1. The zero-order chi connectivity index (χ0) is 21.6. The summed E-state index contributed by atoms with van der Waals surface area (Å²) in [6.07, 6.45) is 0. The molecule has 0 atom stereocenters. The topological polar surface area (TPSA) is 25.0 Å². The van der Waals surface area contributed by atoms with Crippen molar-refractivity contribution < 1.29 is 4.74 Å². The molecule has 33 heavy (non-hydrogen) atoms. The second-order valence-corrected chi connectivity index (χ2v) is 9.00. The van der Waals surface area contributed by atoms with Crippen molar-refractivity contribution in [2.45, 2.75) is 5.41 Å². The first-order valence-electron chi connectivity index (χ1n) is 11.4. The maximum Gasteiger partial charge on any atom is 0.132 e. The molecule has 2 heteroatoms. The monoisotopic (exact) mass is 421 g/mol. The predicted molar refractivity (Wildman–Crippen MR) is 133 cm³/mol. The molecule has 8 rings (SSSR count). The third-order valence-electron chi connectivity index (χ3n) is 7.47. The maximum absolute atomic E-state index is 6.42. The van der Waals surface area contributed by atoms with Gasteiger partial charge in [0.05, 0.1) is 5.41 Å². The molecule has 0 fully saturated rings. The standard InChI is InChI=1S/C31H19NO/c1-3-11-23-19(9-1)21-17-22-20-10-2-6-14-27(20)32-28(22)18-26(21)31(23)24-12-4-7-15-29(24)33-30-16-8-5-13-25(30)31/h1-18,32H. The number of aromatic amines is 1. The summed E-state index contributed by atoms with van der Waals surface area (Å²) in [5.41, 5.74) is 9.56. The van der Waals surface area contributed by atoms with E-state index >= 15 is 0 Å². The summed E-state index contributed by atoms with van der Waals surface area (Å²) in [4.78, 5) is 3.67. The van der Waals surface area contributed by atoms with Gasteiger partial charge in [-0.3, -0.25) is 0 Å². The highest BCUT2D eigenvalue weighted by Crippen LogP contribution is 2.62. The fourth-order valence-corrected chi connectivity index (χ4v) is 6.20. The average molecular weight is 421 g/mol. The first-order valence-corrected chi connectivity index (χ1v) is 11.4. The van der Waals surface area contributed by atoms with Gasteiger partial charge in [-0.2, -0.15) is 0 Å². The normalized spacial score (nSPS) is 14.5. The van der Waals surface area contributed by atoms with Crippen LogP contribution in [0.3, 0.4) is 0 Å². The summed E-state index contributed by atoms with van der Waals surface area (Å²) in [6, 6.07) is 39.2. The molecule has 2 aliphatic rings. The van der Waals surface area contributed by atoms with Gasteiger partial charge in [0.25, 0.3) is 0 Å². The minimum Gasteiger partial charge on any atom is -0.457 e. The van der Waals surface area contributed by atoms with Crippen LogP contribution in [0.1, 0.15) is 22.3 Å². The van der Waals surface area contributed by atoms with E-state index in [0.717, 1.165) is 11.5 Å². The number of ether oxygens (including phenoxy) is 1. The van der Waals surface area contributed by atoms with Crippen molar-refractivity contribution >= 4 is 21.8 Å². The average Bonchev–Trinajstić information content (AvgIpc) is 3.37. The van der Waals surface area contributed by atoms with Crippen LogP contribution in [0.15, 0.2) is 109 Å². The molecule has 2 nitrogen and oxygen atoms in total. The molecule has 154 valence electrons. The van der Waals surface area contributed by atoms with Crippen LogP contribution < -0.4 is 4.74 Å². The van der Waals surface area contributed by atoms with Gasteiger partial charge < -0.3 is 9.72 Å². The van der Waals surface area contributed by atoms with Crippen LogP contribution in [0.25, 0.3) is 32.9 Å². The molecule has 0 saturated carbocycles. The van der Waals surface area contributed by atoms with Crippen LogP contribution in [-0.4, -0.2) is 4.98 Å². The van der Waals surface area contributed by atoms with Gasteiger partial charge in [-0.25, -0.2) is 0 Å². The molecule has 5 aromatic carbocycles. The lowest BCUT2D eigenvalue weighted by Gasteiger charge is -2.39. The Morgan fingerprint density at radius 3 is 1.91 bits per heavy atom. The van der Waals surface area contributed by atoms with Crippen molar-refractivity contribution in [3.63, 3.8) is 0 Å². The Kier molecular flexibility index (Phi) is 3.11. The summed E-state index contributed by atoms with van der Waals surface area (Å²) < 4.78 is 6.42. The Bertz CT molecular complexity index is 1710. The fraction of sp³-hybridized carbons (Fsp3) is 0.0323. The molecule has 2 heterocycles.